The molecule has 6 nitrogen and oxygen atoms in total. The molecule has 1 N–H and O–H groups in total. The van der Waals surface area contributed by atoms with Crippen LogP contribution in [0.25, 0.3) is 0 Å². The summed E-state index contributed by atoms with van der Waals surface area (Å²) in [6.07, 6.45) is 0. The zero-order valence-electron chi connectivity index (χ0n) is 11.1. The van der Waals surface area contributed by atoms with Crippen LogP contribution in [0.2, 0.25) is 0 Å². The molecule has 2 amide bonds. The number of carbonyl (C=O) groups excluding carboxylic acids is 1. The van der Waals surface area contributed by atoms with Crippen molar-refractivity contribution < 1.29 is 18.9 Å². The van der Waals surface area contributed by atoms with E-state index in [0.29, 0.717) is 30.3 Å². The van der Waals surface area contributed by atoms with Gasteiger partial charge in [-0.3, -0.25) is 9.11 Å². The Bertz CT molecular complexity index is 551. The van der Waals surface area contributed by atoms with Gasteiger partial charge < -0.3 is 10.0 Å². The van der Waals surface area contributed by atoms with Crippen LogP contribution in [0.3, 0.4) is 0 Å². The molecule has 7 heteroatoms. The van der Waals surface area contributed by atoms with Gasteiger partial charge in [0.2, 0.25) is 0 Å². The number of nitrogens with zero attached hydrogens (tertiary/aromatic N) is 2. The Hall–Kier alpha value is -1.89. The second-order valence-corrected chi connectivity index (χ2v) is 6.20. The third-order valence-electron chi connectivity index (χ3n) is 3.23. The molecule has 2 rings (SSSR count). The maximum Gasteiger partial charge on any atom is 0.337 e. The molecule has 0 radical (unpaired) electrons. The van der Waals surface area contributed by atoms with E-state index < -0.39 is 16.8 Å². The van der Waals surface area contributed by atoms with E-state index >= 15 is 0 Å². The van der Waals surface area contributed by atoms with Crippen LogP contribution in [0.4, 0.5) is 10.5 Å². The first-order chi connectivity index (χ1) is 9.50. The Labute approximate surface area is 119 Å². The number of amides is 2. The Kier molecular flexibility index (Phi) is 4.39. The number of para-hydroxylation sites is 1. The fraction of sp³-hybridized carbons (Fsp3) is 0.385. The van der Waals surface area contributed by atoms with Gasteiger partial charge in [-0.1, -0.05) is 12.1 Å². The summed E-state index contributed by atoms with van der Waals surface area (Å²) in [6.45, 7) is 0.871. The molecule has 0 saturated carbocycles. The van der Waals surface area contributed by atoms with Gasteiger partial charge in [-0.25, -0.2) is 9.59 Å². The predicted molar refractivity (Wildman–Crippen MR) is 76.6 cm³/mol. The van der Waals surface area contributed by atoms with Crippen molar-refractivity contribution in [1.82, 2.24) is 4.90 Å². The molecule has 0 bridgehead atoms. The third-order valence-corrected chi connectivity index (χ3v) is 4.51. The molecule has 1 aliphatic rings. The molecule has 0 spiro atoms. The lowest BCUT2D eigenvalue weighted by atomic mass is 10.1. The zero-order valence-corrected chi connectivity index (χ0v) is 11.9. The largest absolute Gasteiger partial charge is 0.478 e. The Morgan fingerprint density at radius 3 is 2.45 bits per heavy atom. The maximum atomic E-state index is 12.3. The average Bonchev–Trinajstić information content (AvgIpc) is 2.46. The number of hydrogen-bond acceptors (Lipinski definition) is 3. The lowest BCUT2D eigenvalue weighted by Crippen LogP contribution is -2.47. The molecule has 1 heterocycles. The first-order valence-electron chi connectivity index (χ1n) is 6.20. The van der Waals surface area contributed by atoms with Crippen molar-refractivity contribution in [3.63, 3.8) is 0 Å². The van der Waals surface area contributed by atoms with Crippen LogP contribution in [0.5, 0.6) is 0 Å². The minimum atomic E-state index is -1.07. The SMILES string of the molecule is CN(C(=O)N1CCS(=O)CC1)c1ccccc1C(=O)O. The van der Waals surface area contributed by atoms with Gasteiger partial charge in [0.25, 0.3) is 0 Å². The van der Waals surface area contributed by atoms with Crippen LogP contribution in [-0.4, -0.2) is 57.9 Å². The molecule has 20 heavy (non-hydrogen) atoms. The van der Waals surface area contributed by atoms with Gasteiger partial charge in [0.05, 0.1) is 11.3 Å². The summed E-state index contributed by atoms with van der Waals surface area (Å²) in [5, 5.41) is 9.15. The number of carbonyl (C=O) groups is 2. The van der Waals surface area contributed by atoms with Crippen molar-refractivity contribution in [1.29, 1.82) is 0 Å². The van der Waals surface area contributed by atoms with Crippen LogP contribution >= 0.6 is 0 Å². The van der Waals surface area contributed by atoms with Crippen molar-refractivity contribution in [2.24, 2.45) is 0 Å². The smallest absolute Gasteiger partial charge is 0.337 e. The predicted octanol–water partition coefficient (Wildman–Crippen LogP) is 1.01. The number of aromatic carboxylic acids is 1. The minimum Gasteiger partial charge on any atom is -0.478 e. The quantitative estimate of drug-likeness (QED) is 0.883. The number of rotatable bonds is 2. The van der Waals surface area contributed by atoms with Gasteiger partial charge in [-0.2, -0.15) is 0 Å². The molecule has 1 fully saturated rings. The standard InChI is InChI=1S/C13H16N2O4S/c1-14(11-5-3-2-4-10(11)12(16)17)13(18)15-6-8-20(19)9-7-15/h2-5H,6-9H2,1H3,(H,16,17). The molecule has 1 saturated heterocycles. The molecule has 0 atom stereocenters. The summed E-state index contributed by atoms with van der Waals surface area (Å²) in [5.41, 5.74) is 0.445. The van der Waals surface area contributed by atoms with Crippen molar-refractivity contribution in [2.45, 2.75) is 0 Å². The van der Waals surface area contributed by atoms with E-state index in [-0.39, 0.29) is 11.6 Å². The van der Waals surface area contributed by atoms with Gasteiger partial charge in [0.15, 0.2) is 0 Å². The van der Waals surface area contributed by atoms with E-state index in [9.17, 15) is 13.8 Å². The van der Waals surface area contributed by atoms with Gasteiger partial charge in [-0.15, -0.1) is 0 Å². The molecule has 0 aliphatic carbocycles. The van der Waals surface area contributed by atoms with Gasteiger partial charge in [0, 0.05) is 42.4 Å². The zero-order chi connectivity index (χ0) is 14.7. The Morgan fingerprint density at radius 1 is 1.25 bits per heavy atom. The van der Waals surface area contributed by atoms with Crippen LogP contribution in [0.15, 0.2) is 24.3 Å². The molecule has 0 unspecified atom stereocenters. The van der Waals surface area contributed by atoms with Crippen LogP contribution < -0.4 is 4.90 Å². The first-order valence-corrected chi connectivity index (χ1v) is 7.69. The summed E-state index contributed by atoms with van der Waals surface area (Å²) in [5.74, 6) is -0.125. The molecule has 1 aromatic carbocycles. The number of anilines is 1. The van der Waals surface area contributed by atoms with Gasteiger partial charge in [0.1, 0.15) is 0 Å². The number of carboxylic acids is 1. The highest BCUT2D eigenvalue weighted by atomic mass is 32.2. The van der Waals surface area contributed by atoms with Crippen molar-refractivity contribution in [3.8, 4) is 0 Å². The van der Waals surface area contributed by atoms with Gasteiger partial charge in [-0.05, 0) is 12.1 Å². The molecule has 108 valence electrons. The summed E-state index contributed by atoms with van der Waals surface area (Å²) in [7, 11) is 0.698. The summed E-state index contributed by atoms with van der Waals surface area (Å²) >= 11 is 0. The highest BCUT2D eigenvalue weighted by Gasteiger charge is 2.25. The van der Waals surface area contributed by atoms with Crippen LogP contribution in [-0.2, 0) is 10.8 Å². The fourth-order valence-corrected chi connectivity index (χ4v) is 3.14. The van der Waals surface area contributed by atoms with Crippen molar-refractivity contribution in [2.75, 3.05) is 36.5 Å². The van der Waals surface area contributed by atoms with E-state index in [1.54, 1.807) is 30.1 Å². The number of carboxylic acid groups (broad SMARTS) is 1. The highest BCUT2D eigenvalue weighted by Crippen LogP contribution is 2.20. The molecule has 0 aromatic heterocycles. The fourth-order valence-electron chi connectivity index (χ4n) is 2.09. The molecule has 1 aromatic rings. The molecular weight excluding hydrogens is 280 g/mol. The van der Waals surface area contributed by atoms with E-state index in [1.165, 1.54) is 11.0 Å². The maximum absolute atomic E-state index is 12.3. The monoisotopic (exact) mass is 296 g/mol. The van der Waals surface area contributed by atoms with E-state index in [0.717, 1.165) is 0 Å². The van der Waals surface area contributed by atoms with Crippen LogP contribution in [0.1, 0.15) is 10.4 Å². The third kappa shape index (κ3) is 2.98. The highest BCUT2D eigenvalue weighted by molar-refractivity contribution is 7.85. The lowest BCUT2D eigenvalue weighted by Gasteiger charge is -2.31. The Morgan fingerprint density at radius 2 is 1.85 bits per heavy atom. The minimum absolute atomic E-state index is 0.0870. The van der Waals surface area contributed by atoms with Crippen LogP contribution in [0, 0.1) is 0 Å². The van der Waals surface area contributed by atoms with Gasteiger partial charge >= 0.3 is 12.0 Å². The number of urea groups is 1. The number of hydrogen-bond donors (Lipinski definition) is 1. The van der Waals surface area contributed by atoms with Crippen molar-refractivity contribution in [3.05, 3.63) is 29.8 Å². The van der Waals surface area contributed by atoms with Crippen molar-refractivity contribution >= 4 is 28.5 Å². The first kappa shape index (κ1) is 14.5. The Balaban J connectivity index is 2.19. The normalized spacial score (nSPS) is 15.9. The summed E-state index contributed by atoms with van der Waals surface area (Å²) in [6, 6.07) is 6.11. The molecule has 1 aliphatic heterocycles. The average molecular weight is 296 g/mol. The number of benzene rings is 1. The topological polar surface area (TPSA) is 77.9 Å². The summed E-state index contributed by atoms with van der Waals surface area (Å²) in [4.78, 5) is 26.4. The molecular formula is C13H16N2O4S. The van der Waals surface area contributed by atoms with E-state index in [1.807, 2.05) is 0 Å². The second kappa shape index (κ2) is 6.04. The lowest BCUT2D eigenvalue weighted by molar-refractivity contribution is 0.0697. The summed E-state index contributed by atoms with van der Waals surface area (Å²) < 4.78 is 11.3. The second-order valence-electron chi connectivity index (χ2n) is 4.50. The van der Waals surface area contributed by atoms with E-state index in [2.05, 4.69) is 0 Å². The van der Waals surface area contributed by atoms with E-state index in [4.69, 9.17) is 5.11 Å².